The number of nitrogens with zero attached hydrogens (tertiary/aromatic N) is 1. The van der Waals surface area contributed by atoms with Crippen LogP contribution >= 0.6 is 12.4 Å². The minimum atomic E-state index is -0.109. The zero-order valence-electron chi connectivity index (χ0n) is 13.6. The number of rotatable bonds is 5. The number of likely N-dealkylation sites (tertiary alicyclic amines) is 1. The molecule has 0 spiro atoms. The summed E-state index contributed by atoms with van der Waals surface area (Å²) in [4.78, 5) is 26.2. The molecule has 0 bridgehead atoms. The predicted octanol–water partition coefficient (Wildman–Crippen LogP) is 1.27. The van der Waals surface area contributed by atoms with Gasteiger partial charge in [-0.2, -0.15) is 0 Å². The summed E-state index contributed by atoms with van der Waals surface area (Å²) in [6.45, 7) is 4.22. The Labute approximate surface area is 144 Å². The minimum Gasteiger partial charge on any atom is -0.355 e. The second-order valence-corrected chi connectivity index (χ2v) is 5.92. The number of piperidine rings is 1. The number of amides is 2. The first-order valence-corrected chi connectivity index (χ1v) is 7.91. The smallest absolute Gasteiger partial charge is 0.227 e. The summed E-state index contributed by atoms with van der Waals surface area (Å²) in [5, 5.41) is 2.82. The fraction of sp³-hybridized carbons (Fsp3) is 0.529. The zero-order chi connectivity index (χ0) is 15.9. The molecule has 2 rings (SSSR count). The number of nitrogens with one attached hydrogen (secondary N) is 1. The molecule has 1 aliphatic heterocycles. The Morgan fingerprint density at radius 3 is 2.65 bits per heavy atom. The molecule has 0 aromatic heterocycles. The summed E-state index contributed by atoms with van der Waals surface area (Å²) in [6.07, 6.45) is 2.11. The van der Waals surface area contributed by atoms with Gasteiger partial charge < -0.3 is 16.0 Å². The van der Waals surface area contributed by atoms with Crippen molar-refractivity contribution in [3.05, 3.63) is 35.4 Å². The SMILES string of the molecule is Cc1ccc(CC(=O)N2CCCC(C(=O)NCCN)C2)cc1.Cl. The number of nitrogens with two attached hydrogens (primary N) is 1. The van der Waals surface area contributed by atoms with Crippen molar-refractivity contribution >= 4 is 24.2 Å². The van der Waals surface area contributed by atoms with E-state index in [1.807, 2.05) is 36.1 Å². The Morgan fingerprint density at radius 1 is 1.30 bits per heavy atom. The van der Waals surface area contributed by atoms with E-state index in [9.17, 15) is 9.59 Å². The van der Waals surface area contributed by atoms with E-state index in [1.165, 1.54) is 5.56 Å². The Morgan fingerprint density at radius 2 is 2.00 bits per heavy atom. The second kappa shape index (κ2) is 9.53. The number of aryl methyl sites for hydroxylation is 1. The third-order valence-corrected chi connectivity index (χ3v) is 4.06. The minimum absolute atomic E-state index is 0. The molecule has 1 aliphatic rings. The van der Waals surface area contributed by atoms with Crippen LogP contribution in [0.3, 0.4) is 0 Å². The van der Waals surface area contributed by atoms with Gasteiger partial charge in [0.05, 0.1) is 12.3 Å². The van der Waals surface area contributed by atoms with E-state index in [2.05, 4.69) is 5.32 Å². The van der Waals surface area contributed by atoms with Crippen LogP contribution in [0, 0.1) is 12.8 Å². The van der Waals surface area contributed by atoms with Gasteiger partial charge in [-0.3, -0.25) is 9.59 Å². The number of hydrogen-bond acceptors (Lipinski definition) is 3. The Kier molecular flexibility index (Phi) is 8.06. The van der Waals surface area contributed by atoms with Crippen LogP contribution in [0.15, 0.2) is 24.3 Å². The molecule has 0 saturated carbocycles. The van der Waals surface area contributed by atoms with Crippen molar-refractivity contribution in [2.75, 3.05) is 26.2 Å². The van der Waals surface area contributed by atoms with E-state index in [0.717, 1.165) is 24.9 Å². The molecule has 6 heteroatoms. The molecular formula is C17H26ClN3O2. The monoisotopic (exact) mass is 339 g/mol. The lowest BCUT2D eigenvalue weighted by atomic mass is 9.96. The molecule has 23 heavy (non-hydrogen) atoms. The van der Waals surface area contributed by atoms with Crippen LogP contribution < -0.4 is 11.1 Å². The fourth-order valence-corrected chi connectivity index (χ4v) is 2.75. The van der Waals surface area contributed by atoms with Crippen molar-refractivity contribution in [1.82, 2.24) is 10.2 Å². The summed E-state index contributed by atoms with van der Waals surface area (Å²) in [6, 6.07) is 8.01. The zero-order valence-corrected chi connectivity index (χ0v) is 14.4. The lowest BCUT2D eigenvalue weighted by molar-refractivity contribution is -0.135. The maximum Gasteiger partial charge on any atom is 0.227 e. The highest BCUT2D eigenvalue weighted by Gasteiger charge is 2.28. The van der Waals surface area contributed by atoms with E-state index in [1.54, 1.807) is 0 Å². The molecular weight excluding hydrogens is 314 g/mol. The van der Waals surface area contributed by atoms with Crippen molar-refractivity contribution in [2.24, 2.45) is 11.7 Å². The highest BCUT2D eigenvalue weighted by atomic mass is 35.5. The standard InChI is InChI=1S/C17H25N3O2.ClH/c1-13-4-6-14(7-5-13)11-16(21)20-10-2-3-15(12-20)17(22)19-9-8-18;/h4-7,15H,2-3,8-12,18H2,1H3,(H,19,22);1H. The highest BCUT2D eigenvalue weighted by molar-refractivity contribution is 5.85. The van der Waals surface area contributed by atoms with Gasteiger partial charge in [-0.1, -0.05) is 29.8 Å². The molecule has 1 saturated heterocycles. The van der Waals surface area contributed by atoms with Crippen LogP contribution in [0.4, 0.5) is 0 Å². The Hall–Kier alpha value is -1.59. The molecule has 1 aromatic carbocycles. The molecule has 0 radical (unpaired) electrons. The first-order valence-electron chi connectivity index (χ1n) is 7.91. The number of carbonyl (C=O) groups excluding carboxylic acids is 2. The Balaban J connectivity index is 0.00000264. The summed E-state index contributed by atoms with van der Waals surface area (Å²) in [7, 11) is 0. The maximum atomic E-state index is 12.4. The van der Waals surface area contributed by atoms with Crippen molar-refractivity contribution in [3.63, 3.8) is 0 Å². The summed E-state index contributed by atoms with van der Waals surface area (Å²) in [5.41, 5.74) is 7.60. The van der Waals surface area contributed by atoms with Crippen LogP contribution in [-0.2, 0) is 16.0 Å². The topological polar surface area (TPSA) is 75.4 Å². The fourth-order valence-electron chi connectivity index (χ4n) is 2.75. The van der Waals surface area contributed by atoms with Crippen LogP contribution in [0.2, 0.25) is 0 Å². The molecule has 1 atom stereocenters. The number of hydrogen-bond donors (Lipinski definition) is 2. The van der Waals surface area contributed by atoms with Crippen molar-refractivity contribution in [3.8, 4) is 0 Å². The first kappa shape index (κ1) is 19.5. The average molecular weight is 340 g/mol. The van der Waals surface area contributed by atoms with E-state index in [-0.39, 0.29) is 30.1 Å². The third-order valence-electron chi connectivity index (χ3n) is 4.06. The number of benzene rings is 1. The van der Waals surface area contributed by atoms with Gasteiger partial charge in [-0.15, -0.1) is 12.4 Å². The largest absolute Gasteiger partial charge is 0.355 e. The van der Waals surface area contributed by atoms with E-state index >= 15 is 0 Å². The van der Waals surface area contributed by atoms with Crippen LogP contribution in [0.25, 0.3) is 0 Å². The first-order chi connectivity index (χ1) is 10.6. The number of halogens is 1. The highest BCUT2D eigenvalue weighted by Crippen LogP contribution is 2.18. The Bertz CT molecular complexity index is 519. The molecule has 5 nitrogen and oxygen atoms in total. The molecule has 1 unspecified atom stereocenters. The lowest BCUT2D eigenvalue weighted by Gasteiger charge is -2.32. The summed E-state index contributed by atoms with van der Waals surface area (Å²) < 4.78 is 0. The molecule has 3 N–H and O–H groups in total. The van der Waals surface area contributed by atoms with Gasteiger partial charge in [0.15, 0.2) is 0 Å². The van der Waals surface area contributed by atoms with Gasteiger partial charge in [-0.05, 0) is 25.3 Å². The molecule has 1 aromatic rings. The maximum absolute atomic E-state index is 12.4. The van der Waals surface area contributed by atoms with Gasteiger partial charge in [0.25, 0.3) is 0 Å². The van der Waals surface area contributed by atoms with Gasteiger partial charge in [0, 0.05) is 26.2 Å². The van der Waals surface area contributed by atoms with Crippen molar-refractivity contribution < 1.29 is 9.59 Å². The van der Waals surface area contributed by atoms with Crippen molar-refractivity contribution in [1.29, 1.82) is 0 Å². The molecule has 1 heterocycles. The number of carbonyl (C=O) groups is 2. The van der Waals surface area contributed by atoms with Crippen molar-refractivity contribution in [2.45, 2.75) is 26.2 Å². The van der Waals surface area contributed by atoms with E-state index < -0.39 is 0 Å². The molecule has 2 amide bonds. The summed E-state index contributed by atoms with van der Waals surface area (Å²) in [5.74, 6) is 0.000677. The van der Waals surface area contributed by atoms with Crippen LogP contribution in [-0.4, -0.2) is 42.9 Å². The van der Waals surface area contributed by atoms with E-state index in [0.29, 0.717) is 26.1 Å². The molecule has 1 fully saturated rings. The van der Waals surface area contributed by atoms with Gasteiger partial charge in [0.1, 0.15) is 0 Å². The van der Waals surface area contributed by atoms with Gasteiger partial charge in [-0.25, -0.2) is 0 Å². The normalized spacial score (nSPS) is 17.3. The molecule has 128 valence electrons. The molecule has 0 aliphatic carbocycles. The average Bonchev–Trinajstić information content (AvgIpc) is 2.54. The summed E-state index contributed by atoms with van der Waals surface area (Å²) >= 11 is 0. The van der Waals surface area contributed by atoms with Crippen LogP contribution in [0.5, 0.6) is 0 Å². The third kappa shape index (κ3) is 5.84. The van der Waals surface area contributed by atoms with Crippen LogP contribution in [0.1, 0.15) is 24.0 Å². The predicted molar refractivity (Wildman–Crippen MR) is 93.5 cm³/mol. The lowest BCUT2D eigenvalue weighted by Crippen LogP contribution is -2.46. The second-order valence-electron chi connectivity index (χ2n) is 5.92. The quantitative estimate of drug-likeness (QED) is 0.848. The van der Waals surface area contributed by atoms with Gasteiger partial charge >= 0.3 is 0 Å². The van der Waals surface area contributed by atoms with Gasteiger partial charge in [0.2, 0.25) is 11.8 Å². The van der Waals surface area contributed by atoms with E-state index in [4.69, 9.17) is 5.73 Å².